The number of fused-ring (bicyclic) bond motifs is 1. The molecule has 30 heavy (non-hydrogen) atoms. The van der Waals surface area contributed by atoms with Crippen LogP contribution in [0, 0.1) is 11.7 Å². The van der Waals surface area contributed by atoms with E-state index in [4.69, 9.17) is 0 Å². The van der Waals surface area contributed by atoms with E-state index >= 15 is 0 Å². The summed E-state index contributed by atoms with van der Waals surface area (Å²) in [5.41, 5.74) is 0.993. The summed E-state index contributed by atoms with van der Waals surface area (Å²) in [7, 11) is 0. The van der Waals surface area contributed by atoms with Gasteiger partial charge in [0.2, 0.25) is 5.91 Å². The number of nitrogens with zero attached hydrogens (tertiary/aromatic N) is 3. The Morgan fingerprint density at radius 2 is 1.90 bits per heavy atom. The van der Waals surface area contributed by atoms with Crippen LogP contribution in [-0.4, -0.2) is 51.2 Å². The van der Waals surface area contributed by atoms with Gasteiger partial charge in [0.25, 0.3) is 11.5 Å². The van der Waals surface area contributed by atoms with E-state index in [0.717, 1.165) is 19.3 Å². The summed E-state index contributed by atoms with van der Waals surface area (Å²) in [6.07, 6.45) is 3.09. The third-order valence-corrected chi connectivity index (χ3v) is 6.30. The minimum absolute atomic E-state index is 0.0108. The minimum Gasteiger partial charge on any atom is -0.342 e. The molecular formula is C22H23FN4O3. The molecule has 3 aliphatic rings. The van der Waals surface area contributed by atoms with Crippen molar-refractivity contribution in [2.75, 3.05) is 19.6 Å². The Balaban J connectivity index is 1.36. The van der Waals surface area contributed by atoms with Gasteiger partial charge in [-0.05, 0) is 37.8 Å². The standard InChI is InChI=1S/C22H23FN4O3/c23-17-4-2-1-3-15(17)22(30)27-10-8-16-18(12-27)24-19(25-20(16)28)14-7-9-26(11-14)21(29)13-5-6-13/h1-4,13-14H,5-12H2,(H,24,25,28)/t14-/m1/s1. The van der Waals surface area contributed by atoms with Gasteiger partial charge < -0.3 is 14.8 Å². The zero-order valence-electron chi connectivity index (χ0n) is 16.6. The summed E-state index contributed by atoms with van der Waals surface area (Å²) < 4.78 is 14.0. The lowest BCUT2D eigenvalue weighted by atomic mass is 10.0. The summed E-state index contributed by atoms with van der Waals surface area (Å²) in [6, 6.07) is 5.91. The van der Waals surface area contributed by atoms with Crippen molar-refractivity contribution in [3.05, 3.63) is 63.1 Å². The number of aromatic nitrogens is 2. The third kappa shape index (κ3) is 3.40. The average molecular weight is 410 g/mol. The SMILES string of the molecule is O=C(c1ccccc1F)N1CCc2c(nc([C@@H]3CCN(C(=O)C4CC4)C3)[nH]c2=O)C1. The van der Waals surface area contributed by atoms with E-state index in [1.54, 1.807) is 12.1 Å². The van der Waals surface area contributed by atoms with Gasteiger partial charge in [0.05, 0.1) is 17.8 Å². The Hall–Kier alpha value is -3.03. The second-order valence-electron chi connectivity index (χ2n) is 8.38. The molecule has 156 valence electrons. The molecule has 3 heterocycles. The number of hydrogen-bond acceptors (Lipinski definition) is 4. The number of carbonyl (C=O) groups excluding carboxylic acids is 2. The van der Waals surface area contributed by atoms with Crippen molar-refractivity contribution in [1.82, 2.24) is 19.8 Å². The van der Waals surface area contributed by atoms with Gasteiger partial charge in [-0.15, -0.1) is 0 Å². The summed E-state index contributed by atoms with van der Waals surface area (Å²) in [5.74, 6) is -0.00576. The summed E-state index contributed by atoms with van der Waals surface area (Å²) in [5, 5.41) is 0. The quantitative estimate of drug-likeness (QED) is 0.837. The number of benzene rings is 1. The zero-order chi connectivity index (χ0) is 20.8. The van der Waals surface area contributed by atoms with Crippen LogP contribution in [-0.2, 0) is 17.8 Å². The molecule has 2 amide bonds. The molecular weight excluding hydrogens is 387 g/mol. The molecule has 1 atom stereocenters. The fourth-order valence-corrected chi connectivity index (χ4v) is 4.40. The second-order valence-corrected chi connectivity index (χ2v) is 8.38. The van der Waals surface area contributed by atoms with Crippen LogP contribution in [0.2, 0.25) is 0 Å². The number of halogens is 1. The first-order chi connectivity index (χ1) is 14.5. The number of likely N-dealkylation sites (tertiary alicyclic amines) is 1. The fraction of sp³-hybridized carbons (Fsp3) is 0.455. The van der Waals surface area contributed by atoms with E-state index in [1.165, 1.54) is 17.0 Å². The maximum atomic E-state index is 14.0. The normalized spacial score (nSPS) is 20.9. The predicted molar refractivity (Wildman–Crippen MR) is 106 cm³/mol. The van der Waals surface area contributed by atoms with Crippen molar-refractivity contribution < 1.29 is 14.0 Å². The van der Waals surface area contributed by atoms with Crippen LogP contribution in [0.15, 0.2) is 29.1 Å². The van der Waals surface area contributed by atoms with E-state index in [2.05, 4.69) is 9.97 Å². The van der Waals surface area contributed by atoms with E-state index < -0.39 is 11.7 Å². The molecule has 5 rings (SSSR count). The topological polar surface area (TPSA) is 86.4 Å². The lowest BCUT2D eigenvalue weighted by Crippen LogP contribution is -2.40. The Bertz CT molecular complexity index is 1080. The third-order valence-electron chi connectivity index (χ3n) is 6.30. The molecule has 1 aromatic carbocycles. The minimum atomic E-state index is -0.556. The Morgan fingerprint density at radius 1 is 1.10 bits per heavy atom. The van der Waals surface area contributed by atoms with Gasteiger partial charge in [-0.2, -0.15) is 0 Å². The first-order valence-electron chi connectivity index (χ1n) is 10.5. The average Bonchev–Trinajstić information content (AvgIpc) is 3.48. The number of aromatic amines is 1. The molecule has 0 spiro atoms. The Labute approximate surface area is 172 Å². The van der Waals surface area contributed by atoms with Crippen LogP contribution in [0.4, 0.5) is 4.39 Å². The van der Waals surface area contributed by atoms with Gasteiger partial charge in [-0.3, -0.25) is 14.4 Å². The van der Waals surface area contributed by atoms with E-state index in [0.29, 0.717) is 43.1 Å². The molecule has 2 fully saturated rings. The molecule has 2 aliphatic heterocycles. The maximum absolute atomic E-state index is 14.0. The number of hydrogen-bond donors (Lipinski definition) is 1. The van der Waals surface area contributed by atoms with Crippen LogP contribution in [0.25, 0.3) is 0 Å². The zero-order valence-corrected chi connectivity index (χ0v) is 16.6. The Kier molecular flexibility index (Phi) is 4.64. The molecule has 2 aromatic rings. The highest BCUT2D eigenvalue weighted by Gasteiger charge is 2.38. The van der Waals surface area contributed by atoms with Crippen LogP contribution < -0.4 is 5.56 Å². The van der Waals surface area contributed by atoms with E-state index in [-0.39, 0.29) is 35.4 Å². The lowest BCUT2D eigenvalue weighted by molar-refractivity contribution is -0.131. The van der Waals surface area contributed by atoms with Crippen LogP contribution >= 0.6 is 0 Å². The van der Waals surface area contributed by atoms with Crippen molar-refractivity contribution in [3.63, 3.8) is 0 Å². The summed E-state index contributed by atoms with van der Waals surface area (Å²) in [6.45, 7) is 1.77. The number of nitrogens with one attached hydrogen (secondary N) is 1. The number of rotatable bonds is 3. The first kappa shape index (κ1) is 19.0. The van der Waals surface area contributed by atoms with Gasteiger partial charge >= 0.3 is 0 Å². The largest absolute Gasteiger partial charge is 0.342 e. The second kappa shape index (κ2) is 7.34. The molecule has 1 saturated heterocycles. The van der Waals surface area contributed by atoms with E-state index in [9.17, 15) is 18.8 Å². The first-order valence-corrected chi connectivity index (χ1v) is 10.5. The molecule has 0 bridgehead atoms. The molecule has 1 saturated carbocycles. The molecule has 1 aliphatic carbocycles. The van der Waals surface area contributed by atoms with Crippen molar-refractivity contribution in [2.24, 2.45) is 5.92 Å². The van der Waals surface area contributed by atoms with Gasteiger partial charge in [0.1, 0.15) is 11.6 Å². The van der Waals surface area contributed by atoms with Crippen molar-refractivity contribution >= 4 is 11.8 Å². The molecule has 8 heteroatoms. The Morgan fingerprint density at radius 3 is 2.67 bits per heavy atom. The molecule has 0 radical (unpaired) electrons. The summed E-state index contributed by atoms with van der Waals surface area (Å²) in [4.78, 5) is 48.7. The molecule has 0 unspecified atom stereocenters. The van der Waals surface area contributed by atoms with Crippen molar-refractivity contribution in [2.45, 2.75) is 38.1 Å². The lowest BCUT2D eigenvalue weighted by Gasteiger charge is -2.28. The predicted octanol–water partition coefficient (Wildman–Crippen LogP) is 1.83. The highest BCUT2D eigenvalue weighted by Crippen LogP contribution is 2.34. The van der Waals surface area contributed by atoms with E-state index in [1.807, 2.05) is 4.90 Å². The monoisotopic (exact) mass is 410 g/mol. The number of H-pyrrole nitrogens is 1. The van der Waals surface area contributed by atoms with Crippen molar-refractivity contribution in [1.29, 1.82) is 0 Å². The van der Waals surface area contributed by atoms with Gasteiger partial charge in [0, 0.05) is 37.0 Å². The summed E-state index contributed by atoms with van der Waals surface area (Å²) >= 11 is 0. The van der Waals surface area contributed by atoms with Crippen LogP contribution in [0.3, 0.4) is 0 Å². The van der Waals surface area contributed by atoms with Gasteiger partial charge in [-0.1, -0.05) is 12.1 Å². The maximum Gasteiger partial charge on any atom is 0.257 e. The molecule has 1 aromatic heterocycles. The van der Waals surface area contributed by atoms with Crippen molar-refractivity contribution in [3.8, 4) is 0 Å². The smallest absolute Gasteiger partial charge is 0.257 e. The van der Waals surface area contributed by atoms with Crippen LogP contribution in [0.5, 0.6) is 0 Å². The van der Waals surface area contributed by atoms with Gasteiger partial charge in [0.15, 0.2) is 0 Å². The molecule has 7 nitrogen and oxygen atoms in total. The molecule has 1 N–H and O–H groups in total. The number of amides is 2. The fourth-order valence-electron chi connectivity index (χ4n) is 4.40. The van der Waals surface area contributed by atoms with Gasteiger partial charge in [-0.25, -0.2) is 9.37 Å². The van der Waals surface area contributed by atoms with Crippen LogP contribution in [0.1, 0.15) is 52.6 Å². The number of carbonyl (C=O) groups is 2. The highest BCUT2D eigenvalue weighted by molar-refractivity contribution is 5.94. The highest BCUT2D eigenvalue weighted by atomic mass is 19.1.